The van der Waals surface area contributed by atoms with Crippen molar-refractivity contribution in [3.8, 4) is 11.8 Å². The number of benzene rings is 1. The van der Waals surface area contributed by atoms with Crippen LogP contribution in [-0.4, -0.2) is 42.2 Å². The summed E-state index contributed by atoms with van der Waals surface area (Å²) in [4.78, 5) is 10.3. The second-order valence-electron chi connectivity index (χ2n) is 4.97. The van der Waals surface area contributed by atoms with Crippen molar-refractivity contribution in [1.82, 2.24) is 14.9 Å². The first-order valence-electron chi connectivity index (χ1n) is 7.09. The van der Waals surface area contributed by atoms with E-state index in [2.05, 4.69) is 14.9 Å². The zero-order valence-corrected chi connectivity index (χ0v) is 12.8. The number of halogens is 1. The highest BCUT2D eigenvalue weighted by atomic mass is 19.1. The Morgan fingerprint density at radius 1 is 1.14 bits per heavy atom. The van der Waals surface area contributed by atoms with Crippen molar-refractivity contribution in [3.63, 3.8) is 0 Å². The van der Waals surface area contributed by atoms with E-state index in [1.54, 1.807) is 31.6 Å². The third kappa shape index (κ3) is 5.29. The summed E-state index contributed by atoms with van der Waals surface area (Å²) >= 11 is 0. The Labute approximate surface area is 129 Å². The molecule has 22 heavy (non-hydrogen) atoms. The van der Waals surface area contributed by atoms with Gasteiger partial charge < -0.3 is 14.4 Å². The quantitative estimate of drug-likeness (QED) is 0.701. The van der Waals surface area contributed by atoms with E-state index < -0.39 is 0 Å². The second-order valence-corrected chi connectivity index (χ2v) is 4.97. The summed E-state index contributed by atoms with van der Waals surface area (Å²) in [5, 5.41) is 0. The third-order valence-electron chi connectivity index (χ3n) is 3.08. The summed E-state index contributed by atoms with van der Waals surface area (Å²) in [6, 6.07) is 6.43. The number of hydrogen-bond acceptors (Lipinski definition) is 5. The number of rotatable bonds is 8. The summed E-state index contributed by atoms with van der Waals surface area (Å²) in [6.07, 6.45) is 4.40. The summed E-state index contributed by atoms with van der Waals surface area (Å²) in [7, 11) is 3.57. The van der Waals surface area contributed by atoms with Crippen LogP contribution < -0.4 is 9.47 Å². The van der Waals surface area contributed by atoms with E-state index in [0.717, 1.165) is 25.1 Å². The molecule has 0 saturated carbocycles. The van der Waals surface area contributed by atoms with Crippen LogP contribution in [0.4, 0.5) is 4.39 Å². The van der Waals surface area contributed by atoms with Gasteiger partial charge in [-0.2, -0.15) is 0 Å². The molecule has 1 aromatic carbocycles. The Morgan fingerprint density at radius 2 is 1.82 bits per heavy atom. The Hall–Kier alpha value is -2.21. The fourth-order valence-electron chi connectivity index (χ4n) is 1.98. The lowest BCUT2D eigenvalue weighted by atomic mass is 10.3. The van der Waals surface area contributed by atoms with Crippen LogP contribution in [0.25, 0.3) is 0 Å². The molecule has 5 nitrogen and oxygen atoms in total. The van der Waals surface area contributed by atoms with Crippen LogP contribution in [0.5, 0.6) is 11.8 Å². The molecule has 0 aliphatic carbocycles. The van der Waals surface area contributed by atoms with Gasteiger partial charge in [0.25, 0.3) is 0 Å². The van der Waals surface area contributed by atoms with Crippen LogP contribution in [0.15, 0.2) is 36.7 Å². The minimum absolute atomic E-state index is 0.256. The SMILES string of the molecule is COc1ncc(CN(C)CCCOc2ccc(F)cc2)cn1. The highest BCUT2D eigenvalue weighted by Crippen LogP contribution is 2.11. The van der Waals surface area contributed by atoms with E-state index in [1.807, 2.05) is 7.05 Å². The molecule has 0 radical (unpaired) electrons. The van der Waals surface area contributed by atoms with Crippen LogP contribution in [-0.2, 0) is 6.54 Å². The van der Waals surface area contributed by atoms with Gasteiger partial charge in [0.15, 0.2) is 0 Å². The monoisotopic (exact) mass is 305 g/mol. The van der Waals surface area contributed by atoms with Gasteiger partial charge >= 0.3 is 6.01 Å². The average Bonchev–Trinajstić information content (AvgIpc) is 2.54. The molecule has 0 N–H and O–H groups in total. The lowest BCUT2D eigenvalue weighted by Crippen LogP contribution is -2.21. The van der Waals surface area contributed by atoms with Gasteiger partial charge in [-0.05, 0) is 37.7 Å². The lowest BCUT2D eigenvalue weighted by Gasteiger charge is -2.16. The van der Waals surface area contributed by atoms with Crippen LogP contribution in [0.3, 0.4) is 0 Å². The van der Waals surface area contributed by atoms with Gasteiger partial charge in [-0.3, -0.25) is 0 Å². The van der Waals surface area contributed by atoms with Gasteiger partial charge in [0, 0.05) is 31.0 Å². The third-order valence-corrected chi connectivity index (χ3v) is 3.08. The lowest BCUT2D eigenvalue weighted by molar-refractivity contribution is 0.258. The molecule has 0 fully saturated rings. The first-order valence-corrected chi connectivity index (χ1v) is 7.09. The molecule has 0 atom stereocenters. The van der Waals surface area contributed by atoms with Gasteiger partial charge in [-0.25, -0.2) is 14.4 Å². The highest BCUT2D eigenvalue weighted by molar-refractivity contribution is 5.21. The van der Waals surface area contributed by atoms with Crippen LogP contribution in [0.1, 0.15) is 12.0 Å². The van der Waals surface area contributed by atoms with Gasteiger partial charge in [-0.1, -0.05) is 0 Å². The van der Waals surface area contributed by atoms with Gasteiger partial charge in [-0.15, -0.1) is 0 Å². The van der Waals surface area contributed by atoms with Crippen molar-refractivity contribution in [2.45, 2.75) is 13.0 Å². The predicted molar refractivity (Wildman–Crippen MR) is 81.4 cm³/mol. The molecule has 0 aliphatic heterocycles. The molecule has 0 amide bonds. The molecule has 6 heteroatoms. The molecule has 0 saturated heterocycles. The Balaban J connectivity index is 1.66. The van der Waals surface area contributed by atoms with E-state index in [9.17, 15) is 4.39 Å². The zero-order chi connectivity index (χ0) is 15.8. The number of methoxy groups -OCH3 is 1. The molecule has 1 aromatic heterocycles. The van der Waals surface area contributed by atoms with Crippen molar-refractivity contribution in [2.75, 3.05) is 27.3 Å². The van der Waals surface area contributed by atoms with E-state index in [-0.39, 0.29) is 5.82 Å². The highest BCUT2D eigenvalue weighted by Gasteiger charge is 2.03. The fraction of sp³-hybridized carbons (Fsp3) is 0.375. The maximum atomic E-state index is 12.8. The maximum Gasteiger partial charge on any atom is 0.316 e. The van der Waals surface area contributed by atoms with E-state index in [0.29, 0.717) is 18.4 Å². The van der Waals surface area contributed by atoms with Gasteiger partial charge in [0.1, 0.15) is 11.6 Å². The molecular weight excluding hydrogens is 285 g/mol. The van der Waals surface area contributed by atoms with Crippen molar-refractivity contribution >= 4 is 0 Å². The molecule has 1 heterocycles. The van der Waals surface area contributed by atoms with Gasteiger partial charge in [0.05, 0.1) is 13.7 Å². The minimum atomic E-state index is -0.256. The largest absolute Gasteiger partial charge is 0.494 e. The smallest absolute Gasteiger partial charge is 0.316 e. The van der Waals surface area contributed by atoms with Crippen molar-refractivity contribution in [1.29, 1.82) is 0 Å². The Morgan fingerprint density at radius 3 is 2.45 bits per heavy atom. The van der Waals surface area contributed by atoms with Crippen molar-refractivity contribution in [3.05, 3.63) is 48.0 Å². The van der Waals surface area contributed by atoms with Crippen LogP contribution in [0, 0.1) is 5.82 Å². The summed E-state index contributed by atoms with van der Waals surface area (Å²) in [5.74, 6) is 0.432. The number of nitrogens with zero attached hydrogens (tertiary/aromatic N) is 3. The Kier molecular flexibility index (Phi) is 6.09. The molecule has 2 aromatic rings. The molecule has 0 bridgehead atoms. The first-order chi connectivity index (χ1) is 10.7. The van der Waals surface area contributed by atoms with Crippen LogP contribution >= 0.6 is 0 Å². The van der Waals surface area contributed by atoms with Crippen LogP contribution in [0.2, 0.25) is 0 Å². The number of aromatic nitrogens is 2. The predicted octanol–water partition coefficient (Wildman–Crippen LogP) is 2.53. The first kappa shape index (κ1) is 16.2. The topological polar surface area (TPSA) is 47.5 Å². The maximum absolute atomic E-state index is 12.8. The number of ether oxygens (including phenoxy) is 2. The number of hydrogen-bond donors (Lipinski definition) is 0. The minimum Gasteiger partial charge on any atom is -0.494 e. The second kappa shape index (κ2) is 8.29. The fourth-order valence-corrected chi connectivity index (χ4v) is 1.98. The Bertz CT molecular complexity index is 561. The zero-order valence-electron chi connectivity index (χ0n) is 12.8. The molecule has 118 valence electrons. The van der Waals surface area contributed by atoms with E-state index >= 15 is 0 Å². The average molecular weight is 305 g/mol. The molecule has 2 rings (SSSR count). The summed E-state index contributed by atoms with van der Waals surface area (Å²) < 4.78 is 23.2. The van der Waals surface area contributed by atoms with Crippen molar-refractivity contribution < 1.29 is 13.9 Å². The van der Waals surface area contributed by atoms with Gasteiger partial charge in [0.2, 0.25) is 0 Å². The van der Waals surface area contributed by atoms with E-state index in [4.69, 9.17) is 9.47 Å². The van der Waals surface area contributed by atoms with E-state index in [1.165, 1.54) is 12.1 Å². The molecule has 0 spiro atoms. The normalized spacial score (nSPS) is 10.7. The van der Waals surface area contributed by atoms with Crippen molar-refractivity contribution in [2.24, 2.45) is 0 Å². The molecular formula is C16H20FN3O2. The standard InChI is InChI=1S/C16H20FN3O2/c1-20(12-13-10-18-16(21-2)19-11-13)8-3-9-22-15-6-4-14(17)5-7-15/h4-7,10-11H,3,8-9,12H2,1-2H3. The molecule has 0 unspecified atom stereocenters. The summed E-state index contributed by atoms with van der Waals surface area (Å²) in [6.45, 7) is 2.24. The summed E-state index contributed by atoms with van der Waals surface area (Å²) in [5.41, 5.74) is 1.03. The molecule has 0 aliphatic rings.